The van der Waals surface area contributed by atoms with Crippen LogP contribution in [0.15, 0.2) is 13.2 Å². The fourth-order valence-corrected chi connectivity index (χ4v) is 0. The van der Waals surface area contributed by atoms with Crippen molar-refractivity contribution in [2.75, 3.05) is 0 Å². The fraction of sp³-hybridized carbons (Fsp3) is 0. The van der Waals surface area contributed by atoms with E-state index in [-0.39, 0.29) is 0 Å². The Balaban J connectivity index is 0. The van der Waals surface area contributed by atoms with Gasteiger partial charge in [-0.1, -0.05) is 0 Å². The predicted molar refractivity (Wildman–Crippen MR) is 20.7 cm³/mol. The van der Waals surface area contributed by atoms with Crippen molar-refractivity contribution in [3.63, 3.8) is 0 Å². The summed E-state index contributed by atoms with van der Waals surface area (Å²) in [5.41, 5.74) is 0. The Hall–Kier alpha value is -0.380. The van der Waals surface area contributed by atoms with E-state index in [1.54, 1.807) is 0 Å². The highest BCUT2D eigenvalue weighted by Gasteiger charge is 1.21. The van der Waals surface area contributed by atoms with Crippen LogP contribution in [-0.4, -0.2) is 0 Å². The van der Waals surface area contributed by atoms with E-state index >= 15 is 0 Å². The Morgan fingerprint density at radius 1 is 1.20 bits per heavy atom. The topological polar surface area (TPSA) is 61.3 Å². The lowest BCUT2D eigenvalue weighted by Gasteiger charge is -1.62. The second-order valence-electron chi connectivity index (χ2n) is 0.136. The lowest BCUT2D eigenvalue weighted by Crippen LogP contribution is -2.03. The molecule has 32 valence electrons. The SMILES string of the molecule is C=C.NON. The van der Waals surface area contributed by atoms with E-state index in [1.165, 1.54) is 0 Å². The van der Waals surface area contributed by atoms with Crippen molar-refractivity contribution in [1.29, 1.82) is 0 Å². The molecule has 0 heterocycles. The molecular formula is C2H8N2O. The lowest BCUT2D eigenvalue weighted by molar-refractivity contribution is 0.142. The van der Waals surface area contributed by atoms with Gasteiger partial charge in [-0.3, -0.25) is 0 Å². The molecule has 3 nitrogen and oxygen atoms in total. The average Bonchev–Trinajstić information content (AvgIpc) is 1.46. The van der Waals surface area contributed by atoms with E-state index in [9.17, 15) is 0 Å². The van der Waals surface area contributed by atoms with Gasteiger partial charge in [0.25, 0.3) is 0 Å². The van der Waals surface area contributed by atoms with Crippen LogP contribution in [-0.2, 0) is 4.94 Å². The van der Waals surface area contributed by atoms with Crippen LogP contribution < -0.4 is 11.8 Å². The first-order valence-corrected chi connectivity index (χ1v) is 0.971. The minimum Gasteiger partial charge on any atom is -0.220 e. The summed E-state index contributed by atoms with van der Waals surface area (Å²) in [4.78, 5) is 3.25. The molecule has 0 aliphatic rings. The largest absolute Gasteiger partial charge is 0.220 e. The van der Waals surface area contributed by atoms with E-state index in [1.807, 2.05) is 0 Å². The van der Waals surface area contributed by atoms with Gasteiger partial charge in [0.05, 0.1) is 0 Å². The highest BCUT2D eigenvalue weighted by Crippen LogP contribution is 0.949. The monoisotopic (exact) mass is 76.1 g/mol. The molecule has 3 heteroatoms. The van der Waals surface area contributed by atoms with Crippen LogP contribution in [0.25, 0.3) is 0 Å². The fourth-order valence-electron chi connectivity index (χ4n) is 0. The van der Waals surface area contributed by atoms with Crippen molar-refractivity contribution >= 4 is 0 Å². The molecule has 0 saturated heterocycles. The number of hydrogen-bond donors (Lipinski definition) is 2. The van der Waals surface area contributed by atoms with Gasteiger partial charge in [-0.2, -0.15) is 11.8 Å². The van der Waals surface area contributed by atoms with Gasteiger partial charge in [0.15, 0.2) is 0 Å². The number of nitrogens with two attached hydrogens (primary N) is 2. The molecule has 0 bridgehead atoms. The van der Waals surface area contributed by atoms with Crippen molar-refractivity contribution in [1.82, 2.24) is 0 Å². The summed E-state index contributed by atoms with van der Waals surface area (Å²) in [7, 11) is 0. The van der Waals surface area contributed by atoms with E-state index in [4.69, 9.17) is 0 Å². The summed E-state index contributed by atoms with van der Waals surface area (Å²) in [6.07, 6.45) is 0. The molecule has 0 fully saturated rings. The molecule has 0 saturated carbocycles. The zero-order chi connectivity index (χ0) is 4.71. The third-order valence-corrected chi connectivity index (χ3v) is 0. The molecule has 0 radical (unpaired) electrons. The zero-order valence-electron chi connectivity index (χ0n) is 2.98. The summed E-state index contributed by atoms with van der Waals surface area (Å²) >= 11 is 0. The third kappa shape index (κ3) is 65.8. The maximum atomic E-state index is 4.12. The summed E-state index contributed by atoms with van der Waals surface area (Å²) in [5, 5.41) is 0. The van der Waals surface area contributed by atoms with Gasteiger partial charge >= 0.3 is 0 Å². The van der Waals surface area contributed by atoms with Crippen molar-refractivity contribution in [3.8, 4) is 0 Å². The smallest absolute Gasteiger partial charge is 0.106 e. The quantitative estimate of drug-likeness (QED) is 0.303. The summed E-state index contributed by atoms with van der Waals surface area (Å²) in [5.74, 6) is 8.25. The second kappa shape index (κ2) is 64.6. The molecule has 0 aliphatic carbocycles. The van der Waals surface area contributed by atoms with Gasteiger partial charge in [-0.15, -0.1) is 13.2 Å². The average molecular weight is 76.1 g/mol. The van der Waals surface area contributed by atoms with Crippen LogP contribution in [0.4, 0.5) is 0 Å². The lowest BCUT2D eigenvalue weighted by atomic mass is 11.3. The molecule has 0 unspecified atom stereocenters. The number of rotatable bonds is 0. The molecule has 4 N–H and O–H groups in total. The molecular weight excluding hydrogens is 68.0 g/mol. The maximum absolute atomic E-state index is 4.12. The van der Waals surface area contributed by atoms with Crippen LogP contribution in [0.1, 0.15) is 0 Å². The Labute approximate surface area is 31.1 Å². The minimum atomic E-state index is 3.00. The Bertz CT molecular complexity index is 11.6. The summed E-state index contributed by atoms with van der Waals surface area (Å²) < 4.78 is 0. The molecule has 0 amide bonds. The normalized spacial score (nSPS) is 4.40. The van der Waals surface area contributed by atoms with Crippen molar-refractivity contribution in [3.05, 3.63) is 13.2 Å². The third-order valence-electron chi connectivity index (χ3n) is 0. The van der Waals surface area contributed by atoms with Crippen molar-refractivity contribution in [2.24, 2.45) is 11.8 Å². The molecule has 0 aromatic heterocycles. The van der Waals surface area contributed by atoms with E-state index in [0.717, 1.165) is 0 Å². The molecule has 0 aromatic carbocycles. The first kappa shape index (κ1) is 8.82. The maximum Gasteiger partial charge on any atom is -0.106 e. The van der Waals surface area contributed by atoms with Gasteiger partial charge in [0.2, 0.25) is 0 Å². The summed E-state index contributed by atoms with van der Waals surface area (Å²) in [6, 6.07) is 0. The van der Waals surface area contributed by atoms with Crippen LogP contribution in [0.2, 0.25) is 0 Å². The Kier molecular flexibility index (Phi) is 114. The molecule has 0 atom stereocenters. The molecule has 5 heavy (non-hydrogen) atoms. The zero-order valence-corrected chi connectivity index (χ0v) is 2.98. The van der Waals surface area contributed by atoms with Crippen LogP contribution in [0.3, 0.4) is 0 Å². The molecule has 0 aromatic rings. The first-order chi connectivity index (χ1) is 2.41. The predicted octanol–water partition coefficient (Wildman–Crippen LogP) is -0.447. The minimum absolute atomic E-state index is 3.00. The number of hydrogen-bond acceptors (Lipinski definition) is 3. The van der Waals surface area contributed by atoms with Crippen LogP contribution in [0.5, 0.6) is 0 Å². The standard InChI is InChI=1S/C2H4.H4N2O/c1-2;1-3-2/h1-2H2;1-2H2. The second-order valence-corrected chi connectivity index (χ2v) is 0.136. The van der Waals surface area contributed by atoms with E-state index < -0.39 is 0 Å². The molecule has 0 rings (SSSR count). The van der Waals surface area contributed by atoms with Gasteiger partial charge in [0, 0.05) is 0 Å². The first-order valence-electron chi connectivity index (χ1n) is 0.971. The molecule has 0 aliphatic heterocycles. The Morgan fingerprint density at radius 2 is 1.20 bits per heavy atom. The van der Waals surface area contributed by atoms with Gasteiger partial charge < -0.3 is 0 Å². The highest BCUT2D eigenvalue weighted by atomic mass is 16.7. The van der Waals surface area contributed by atoms with Gasteiger partial charge in [-0.25, -0.2) is 4.94 Å². The Morgan fingerprint density at radius 3 is 1.20 bits per heavy atom. The van der Waals surface area contributed by atoms with Gasteiger partial charge in [-0.05, 0) is 0 Å². The van der Waals surface area contributed by atoms with Crippen LogP contribution >= 0.6 is 0 Å². The van der Waals surface area contributed by atoms with Crippen molar-refractivity contribution in [2.45, 2.75) is 0 Å². The van der Waals surface area contributed by atoms with Crippen molar-refractivity contribution < 1.29 is 4.94 Å². The van der Waals surface area contributed by atoms with Crippen LogP contribution in [0, 0.1) is 0 Å². The van der Waals surface area contributed by atoms with E-state index in [2.05, 4.69) is 29.9 Å². The van der Waals surface area contributed by atoms with Gasteiger partial charge in [0.1, 0.15) is 0 Å². The summed E-state index contributed by atoms with van der Waals surface area (Å²) in [6.45, 7) is 6.00. The highest BCUT2D eigenvalue weighted by molar-refractivity contribution is 4.22. The molecule has 0 spiro atoms. The van der Waals surface area contributed by atoms with E-state index in [0.29, 0.717) is 0 Å².